The molecular formula is C10H14IN. The van der Waals surface area contributed by atoms with Gasteiger partial charge in [-0.3, -0.25) is 0 Å². The molecule has 66 valence electrons. The molecular weight excluding hydrogens is 261 g/mol. The minimum Gasteiger partial charge on any atom is -0.318 e. The number of aryl methyl sites for hydroxylation is 1. The molecule has 0 aliphatic carbocycles. The third kappa shape index (κ3) is 2.37. The van der Waals surface area contributed by atoms with Crippen molar-refractivity contribution in [1.29, 1.82) is 0 Å². The van der Waals surface area contributed by atoms with E-state index in [1.54, 1.807) is 0 Å². The van der Waals surface area contributed by atoms with Crippen molar-refractivity contribution >= 4 is 28.6 Å². The molecule has 0 saturated carbocycles. The van der Waals surface area contributed by atoms with Crippen molar-refractivity contribution in [3.63, 3.8) is 0 Å². The summed E-state index contributed by atoms with van der Waals surface area (Å²) in [7, 11) is 2.08. The Morgan fingerprint density at radius 2 is 2.00 bits per heavy atom. The molecule has 0 atom stereocenters. The number of hydrogen-bond acceptors (Lipinski definition) is 1. The van der Waals surface area contributed by atoms with Crippen LogP contribution in [0.4, 0.5) is 5.69 Å². The first-order valence-corrected chi connectivity index (χ1v) is 5.19. The van der Waals surface area contributed by atoms with Gasteiger partial charge < -0.3 is 3.11 Å². The van der Waals surface area contributed by atoms with E-state index in [1.165, 1.54) is 24.1 Å². The van der Waals surface area contributed by atoms with Gasteiger partial charge in [-0.2, -0.15) is 0 Å². The summed E-state index contributed by atoms with van der Waals surface area (Å²) in [5.74, 6) is 0. The smallest absolute Gasteiger partial charge is 0.0588 e. The lowest BCUT2D eigenvalue weighted by Crippen LogP contribution is -2.02. The van der Waals surface area contributed by atoms with E-state index in [-0.39, 0.29) is 0 Å². The Morgan fingerprint density at radius 1 is 1.33 bits per heavy atom. The lowest BCUT2D eigenvalue weighted by molar-refractivity contribution is 0.921. The van der Waals surface area contributed by atoms with Crippen LogP contribution in [0, 0.1) is 0 Å². The Hall–Kier alpha value is -0.250. The second-order valence-electron chi connectivity index (χ2n) is 2.86. The number of anilines is 1. The van der Waals surface area contributed by atoms with Gasteiger partial charge in [0.25, 0.3) is 0 Å². The lowest BCUT2D eigenvalue weighted by atomic mass is 10.1. The fourth-order valence-corrected chi connectivity index (χ4v) is 1.76. The van der Waals surface area contributed by atoms with Crippen LogP contribution in [0.15, 0.2) is 24.3 Å². The molecule has 0 aromatic heterocycles. The summed E-state index contributed by atoms with van der Waals surface area (Å²) in [6.07, 6.45) is 2.38. The average Bonchev–Trinajstić information content (AvgIpc) is 2.05. The minimum absolute atomic E-state index is 1.17. The Kier molecular flexibility index (Phi) is 3.85. The summed E-state index contributed by atoms with van der Waals surface area (Å²) in [5, 5.41) is 0. The van der Waals surface area contributed by atoms with Crippen LogP contribution >= 0.6 is 22.9 Å². The highest BCUT2D eigenvalue weighted by Crippen LogP contribution is 2.22. The van der Waals surface area contributed by atoms with Crippen LogP contribution in [0.25, 0.3) is 0 Å². The zero-order valence-electron chi connectivity index (χ0n) is 7.55. The van der Waals surface area contributed by atoms with E-state index < -0.39 is 0 Å². The fraction of sp³-hybridized carbons (Fsp3) is 0.400. The summed E-state index contributed by atoms with van der Waals surface area (Å²) in [6, 6.07) is 8.56. The molecule has 1 aromatic rings. The topological polar surface area (TPSA) is 3.24 Å². The van der Waals surface area contributed by atoms with E-state index in [0.29, 0.717) is 0 Å². The Labute approximate surface area is 88.3 Å². The maximum atomic E-state index is 2.31. The number of hydrogen-bond donors (Lipinski definition) is 0. The summed E-state index contributed by atoms with van der Waals surface area (Å²) < 4.78 is 2.14. The van der Waals surface area contributed by atoms with Gasteiger partial charge in [-0.1, -0.05) is 31.5 Å². The highest BCUT2D eigenvalue weighted by atomic mass is 127. The predicted molar refractivity (Wildman–Crippen MR) is 62.9 cm³/mol. The standard InChI is InChI=1S/C10H14IN/c1-3-6-9-7-4-5-8-10(9)12(2)11/h4-5,7-8H,3,6H2,1-2H3. The van der Waals surface area contributed by atoms with Crippen LogP contribution in [-0.2, 0) is 6.42 Å². The molecule has 0 spiro atoms. The number of benzene rings is 1. The minimum atomic E-state index is 1.17. The molecule has 0 aliphatic heterocycles. The molecule has 0 bridgehead atoms. The van der Waals surface area contributed by atoms with E-state index in [1.807, 2.05) is 0 Å². The van der Waals surface area contributed by atoms with E-state index in [4.69, 9.17) is 0 Å². The monoisotopic (exact) mass is 275 g/mol. The average molecular weight is 275 g/mol. The molecule has 0 unspecified atom stereocenters. The zero-order valence-corrected chi connectivity index (χ0v) is 9.71. The summed E-state index contributed by atoms with van der Waals surface area (Å²) >= 11 is 2.31. The van der Waals surface area contributed by atoms with Gasteiger partial charge in [-0.05, 0) is 18.1 Å². The molecule has 0 saturated heterocycles. The maximum absolute atomic E-state index is 2.31. The van der Waals surface area contributed by atoms with Crippen molar-refractivity contribution < 1.29 is 0 Å². The van der Waals surface area contributed by atoms with Gasteiger partial charge in [0.05, 0.1) is 22.9 Å². The van der Waals surface area contributed by atoms with E-state index in [0.717, 1.165) is 0 Å². The second kappa shape index (κ2) is 4.70. The van der Waals surface area contributed by atoms with Crippen molar-refractivity contribution in [1.82, 2.24) is 0 Å². The molecule has 0 aliphatic rings. The van der Waals surface area contributed by atoms with Gasteiger partial charge in [-0.25, -0.2) is 0 Å². The van der Waals surface area contributed by atoms with E-state index >= 15 is 0 Å². The van der Waals surface area contributed by atoms with Gasteiger partial charge in [0.2, 0.25) is 0 Å². The third-order valence-corrected chi connectivity index (χ3v) is 2.36. The van der Waals surface area contributed by atoms with Gasteiger partial charge in [-0.15, -0.1) is 0 Å². The van der Waals surface area contributed by atoms with Crippen LogP contribution in [-0.4, -0.2) is 7.05 Å². The van der Waals surface area contributed by atoms with Crippen LogP contribution in [0.3, 0.4) is 0 Å². The van der Waals surface area contributed by atoms with Crippen molar-refractivity contribution in [2.75, 3.05) is 10.2 Å². The highest BCUT2D eigenvalue weighted by molar-refractivity contribution is 14.1. The normalized spacial score (nSPS) is 9.92. The first kappa shape index (κ1) is 9.84. The molecule has 0 fully saturated rings. The first-order valence-electron chi connectivity index (χ1n) is 4.23. The van der Waals surface area contributed by atoms with Crippen LogP contribution in [0.2, 0.25) is 0 Å². The van der Waals surface area contributed by atoms with Crippen molar-refractivity contribution in [3.05, 3.63) is 29.8 Å². The number of para-hydroxylation sites is 1. The summed E-state index contributed by atoms with van der Waals surface area (Å²) in [4.78, 5) is 0. The lowest BCUT2D eigenvalue weighted by Gasteiger charge is -2.14. The third-order valence-electron chi connectivity index (χ3n) is 1.84. The Morgan fingerprint density at radius 3 is 2.58 bits per heavy atom. The Balaban J connectivity index is 2.92. The largest absolute Gasteiger partial charge is 0.318 e. The van der Waals surface area contributed by atoms with Crippen molar-refractivity contribution in [3.8, 4) is 0 Å². The van der Waals surface area contributed by atoms with Gasteiger partial charge >= 0.3 is 0 Å². The molecule has 1 nitrogen and oxygen atoms in total. The molecule has 0 radical (unpaired) electrons. The second-order valence-corrected chi connectivity index (χ2v) is 4.30. The maximum Gasteiger partial charge on any atom is 0.0588 e. The molecule has 0 N–H and O–H groups in total. The fourth-order valence-electron chi connectivity index (χ4n) is 1.29. The van der Waals surface area contributed by atoms with Gasteiger partial charge in [0.15, 0.2) is 0 Å². The van der Waals surface area contributed by atoms with Crippen molar-refractivity contribution in [2.45, 2.75) is 19.8 Å². The molecule has 1 aromatic carbocycles. The van der Waals surface area contributed by atoms with Gasteiger partial charge in [0.1, 0.15) is 0 Å². The number of halogens is 1. The van der Waals surface area contributed by atoms with E-state index in [2.05, 4.69) is 64.2 Å². The Bertz CT molecular complexity index is 245. The number of nitrogens with zero attached hydrogens (tertiary/aromatic N) is 1. The van der Waals surface area contributed by atoms with Crippen LogP contribution in [0.1, 0.15) is 18.9 Å². The molecule has 0 heterocycles. The summed E-state index contributed by atoms with van der Waals surface area (Å²) in [6.45, 7) is 2.21. The molecule has 2 heteroatoms. The van der Waals surface area contributed by atoms with E-state index in [9.17, 15) is 0 Å². The predicted octanol–water partition coefficient (Wildman–Crippen LogP) is 3.43. The molecule has 1 rings (SSSR count). The molecule has 12 heavy (non-hydrogen) atoms. The quantitative estimate of drug-likeness (QED) is 0.603. The van der Waals surface area contributed by atoms with Crippen molar-refractivity contribution in [2.24, 2.45) is 0 Å². The van der Waals surface area contributed by atoms with Crippen LogP contribution in [0.5, 0.6) is 0 Å². The molecule has 0 amide bonds. The first-order chi connectivity index (χ1) is 5.75. The van der Waals surface area contributed by atoms with Gasteiger partial charge in [0, 0.05) is 12.7 Å². The summed E-state index contributed by atoms with van der Waals surface area (Å²) in [5.41, 5.74) is 2.77. The highest BCUT2D eigenvalue weighted by Gasteiger charge is 2.01. The van der Waals surface area contributed by atoms with Crippen LogP contribution < -0.4 is 3.11 Å². The zero-order chi connectivity index (χ0) is 8.97. The number of rotatable bonds is 3. The SMILES string of the molecule is CCCc1ccccc1N(C)I.